The standard InChI is InChI=1S/C24H28O2/c1-2-3-4-5-6-7-8-9-10-11-12-13-14-15-16-17-18-19-20-21-22-23-24(25)26/h4-23H,2-3H2,1H3,(H,25,26). The van der Waals surface area contributed by atoms with Crippen LogP contribution in [-0.2, 0) is 4.79 Å². The Kier molecular flexibility index (Phi) is 17.5. The largest absolute Gasteiger partial charge is 0.478 e. The topological polar surface area (TPSA) is 37.3 Å². The second-order valence-corrected chi connectivity index (χ2v) is 4.99. The molecule has 0 rings (SSSR count). The van der Waals surface area contributed by atoms with Crippen molar-refractivity contribution in [3.63, 3.8) is 0 Å². The Morgan fingerprint density at radius 1 is 0.577 bits per heavy atom. The van der Waals surface area contributed by atoms with Gasteiger partial charge in [0, 0.05) is 6.08 Å². The van der Waals surface area contributed by atoms with Gasteiger partial charge in [-0.15, -0.1) is 0 Å². The van der Waals surface area contributed by atoms with Gasteiger partial charge >= 0.3 is 5.97 Å². The summed E-state index contributed by atoms with van der Waals surface area (Å²) >= 11 is 0. The number of carbonyl (C=O) groups is 1. The minimum atomic E-state index is -0.949. The van der Waals surface area contributed by atoms with Gasteiger partial charge < -0.3 is 5.11 Å². The molecule has 0 saturated heterocycles. The third-order valence-electron chi connectivity index (χ3n) is 2.72. The molecule has 1 N–H and O–H groups in total. The molecule has 2 heteroatoms. The number of allylic oxidation sites excluding steroid dienone is 19. The van der Waals surface area contributed by atoms with E-state index in [1.165, 1.54) is 12.5 Å². The van der Waals surface area contributed by atoms with E-state index in [1.54, 1.807) is 12.2 Å². The molecule has 0 aliphatic rings. The van der Waals surface area contributed by atoms with Crippen LogP contribution in [0.25, 0.3) is 0 Å². The van der Waals surface area contributed by atoms with E-state index in [2.05, 4.69) is 19.1 Å². The third kappa shape index (κ3) is 20.9. The fourth-order valence-corrected chi connectivity index (χ4v) is 1.51. The highest BCUT2D eigenvalue weighted by molar-refractivity contribution is 5.80. The van der Waals surface area contributed by atoms with Gasteiger partial charge in [-0.2, -0.15) is 0 Å². The fraction of sp³-hybridized carbons (Fsp3) is 0.125. The maximum Gasteiger partial charge on any atom is 0.328 e. The molecule has 0 fully saturated rings. The van der Waals surface area contributed by atoms with E-state index >= 15 is 0 Å². The zero-order chi connectivity index (χ0) is 19.1. The lowest BCUT2D eigenvalue weighted by molar-refractivity contribution is -0.131. The molecule has 136 valence electrons. The summed E-state index contributed by atoms with van der Waals surface area (Å²) in [6, 6.07) is 0. The number of unbranched alkanes of at least 4 members (excludes halogenated alkanes) is 1. The first-order valence-corrected chi connectivity index (χ1v) is 8.67. The van der Waals surface area contributed by atoms with Crippen LogP contribution in [0, 0.1) is 0 Å². The Hall–Kier alpha value is -3.13. The van der Waals surface area contributed by atoms with Gasteiger partial charge in [0.15, 0.2) is 0 Å². The highest BCUT2D eigenvalue weighted by atomic mass is 16.4. The Morgan fingerprint density at radius 3 is 1.19 bits per heavy atom. The predicted molar refractivity (Wildman–Crippen MR) is 114 cm³/mol. The van der Waals surface area contributed by atoms with Crippen LogP contribution in [0.4, 0.5) is 0 Å². The van der Waals surface area contributed by atoms with Crippen LogP contribution in [0.1, 0.15) is 19.8 Å². The zero-order valence-corrected chi connectivity index (χ0v) is 15.3. The molecule has 0 radical (unpaired) electrons. The number of hydrogen-bond donors (Lipinski definition) is 1. The summed E-state index contributed by atoms with van der Waals surface area (Å²) in [6.45, 7) is 2.17. The molecular formula is C24H28O2. The van der Waals surface area contributed by atoms with Gasteiger partial charge in [0.05, 0.1) is 0 Å². The summed E-state index contributed by atoms with van der Waals surface area (Å²) in [5, 5.41) is 8.40. The van der Waals surface area contributed by atoms with Crippen LogP contribution in [-0.4, -0.2) is 11.1 Å². The molecule has 0 spiro atoms. The smallest absolute Gasteiger partial charge is 0.328 e. The maximum absolute atomic E-state index is 10.2. The van der Waals surface area contributed by atoms with Crippen molar-refractivity contribution in [2.45, 2.75) is 19.8 Å². The van der Waals surface area contributed by atoms with Gasteiger partial charge in [0.25, 0.3) is 0 Å². The first-order valence-electron chi connectivity index (χ1n) is 8.67. The molecule has 0 unspecified atom stereocenters. The van der Waals surface area contributed by atoms with E-state index < -0.39 is 5.97 Å². The average molecular weight is 348 g/mol. The predicted octanol–water partition coefficient (Wildman–Crippen LogP) is 6.43. The van der Waals surface area contributed by atoms with Crippen molar-refractivity contribution in [1.82, 2.24) is 0 Å². The summed E-state index contributed by atoms with van der Waals surface area (Å²) in [6.07, 6.45) is 39.8. The average Bonchev–Trinajstić information content (AvgIpc) is 2.62. The summed E-state index contributed by atoms with van der Waals surface area (Å²) in [5.74, 6) is -0.949. The maximum atomic E-state index is 10.2. The number of rotatable bonds is 12. The molecule has 0 saturated carbocycles. The van der Waals surface area contributed by atoms with Gasteiger partial charge in [-0.1, -0.05) is 129 Å². The Labute approximate surface area is 157 Å². The second-order valence-electron chi connectivity index (χ2n) is 4.99. The second kappa shape index (κ2) is 19.9. The van der Waals surface area contributed by atoms with Crippen LogP contribution in [0.15, 0.2) is 122 Å². The third-order valence-corrected chi connectivity index (χ3v) is 2.72. The number of carboxylic acid groups (broad SMARTS) is 1. The molecular weight excluding hydrogens is 320 g/mol. The summed E-state index contributed by atoms with van der Waals surface area (Å²) < 4.78 is 0. The number of hydrogen-bond acceptors (Lipinski definition) is 1. The fourth-order valence-electron chi connectivity index (χ4n) is 1.51. The van der Waals surface area contributed by atoms with Crippen molar-refractivity contribution in [2.24, 2.45) is 0 Å². The van der Waals surface area contributed by atoms with Gasteiger partial charge in [0.1, 0.15) is 0 Å². The van der Waals surface area contributed by atoms with Crippen molar-refractivity contribution < 1.29 is 9.90 Å². The zero-order valence-electron chi connectivity index (χ0n) is 15.3. The van der Waals surface area contributed by atoms with Crippen LogP contribution in [0.2, 0.25) is 0 Å². The summed E-state index contributed by atoms with van der Waals surface area (Å²) in [5.41, 5.74) is 0. The van der Waals surface area contributed by atoms with Crippen LogP contribution < -0.4 is 0 Å². The van der Waals surface area contributed by atoms with E-state index in [0.717, 1.165) is 12.5 Å². The van der Waals surface area contributed by atoms with Gasteiger partial charge in [0.2, 0.25) is 0 Å². The quantitative estimate of drug-likeness (QED) is 0.326. The lowest BCUT2D eigenvalue weighted by Crippen LogP contribution is -1.84. The molecule has 26 heavy (non-hydrogen) atoms. The molecule has 0 bridgehead atoms. The van der Waals surface area contributed by atoms with Gasteiger partial charge in [-0.05, 0) is 6.42 Å². The molecule has 0 aromatic carbocycles. The lowest BCUT2D eigenvalue weighted by atomic mass is 10.3. The Balaban J connectivity index is 3.91. The molecule has 0 heterocycles. The van der Waals surface area contributed by atoms with Gasteiger partial charge in [-0.25, -0.2) is 4.79 Å². The SMILES string of the molecule is CCCC=CC=CC=CC=CC=CC=CC=CC=CC=CC=CC(=O)O. The van der Waals surface area contributed by atoms with Crippen LogP contribution >= 0.6 is 0 Å². The van der Waals surface area contributed by atoms with Crippen LogP contribution in [0.5, 0.6) is 0 Å². The van der Waals surface area contributed by atoms with E-state index in [0.29, 0.717) is 0 Å². The molecule has 0 aromatic rings. The van der Waals surface area contributed by atoms with Crippen molar-refractivity contribution in [1.29, 1.82) is 0 Å². The number of aliphatic carboxylic acids is 1. The van der Waals surface area contributed by atoms with E-state index in [-0.39, 0.29) is 0 Å². The van der Waals surface area contributed by atoms with Crippen molar-refractivity contribution in [3.8, 4) is 0 Å². The molecule has 0 aliphatic heterocycles. The minimum absolute atomic E-state index is 0.949. The highest BCUT2D eigenvalue weighted by Gasteiger charge is 1.79. The molecule has 0 atom stereocenters. The van der Waals surface area contributed by atoms with E-state index in [1.807, 2.05) is 85.1 Å². The van der Waals surface area contributed by atoms with Crippen molar-refractivity contribution in [3.05, 3.63) is 122 Å². The lowest BCUT2D eigenvalue weighted by Gasteiger charge is -1.79. The highest BCUT2D eigenvalue weighted by Crippen LogP contribution is 1.90. The minimum Gasteiger partial charge on any atom is -0.478 e. The molecule has 0 aromatic heterocycles. The normalized spacial score (nSPS) is 14.2. The van der Waals surface area contributed by atoms with Crippen molar-refractivity contribution in [2.75, 3.05) is 0 Å². The van der Waals surface area contributed by atoms with E-state index in [9.17, 15) is 4.79 Å². The van der Waals surface area contributed by atoms with E-state index in [4.69, 9.17) is 5.11 Å². The van der Waals surface area contributed by atoms with Crippen LogP contribution in [0.3, 0.4) is 0 Å². The Morgan fingerprint density at radius 2 is 0.885 bits per heavy atom. The van der Waals surface area contributed by atoms with Gasteiger partial charge in [-0.3, -0.25) is 0 Å². The Bertz CT molecular complexity index is 646. The summed E-state index contributed by atoms with van der Waals surface area (Å²) in [4.78, 5) is 10.2. The molecule has 0 aliphatic carbocycles. The number of carboxylic acids is 1. The first kappa shape index (κ1) is 22.9. The molecule has 0 amide bonds. The molecule has 2 nitrogen and oxygen atoms in total. The first-order chi connectivity index (χ1) is 12.8. The monoisotopic (exact) mass is 348 g/mol. The summed E-state index contributed by atoms with van der Waals surface area (Å²) in [7, 11) is 0. The van der Waals surface area contributed by atoms with Crippen molar-refractivity contribution >= 4 is 5.97 Å².